The van der Waals surface area contributed by atoms with E-state index in [0.717, 1.165) is 22.7 Å². The zero-order chi connectivity index (χ0) is 32.0. The number of aromatic nitrogens is 4. The molecule has 0 bridgehead atoms. The highest BCUT2D eigenvalue weighted by molar-refractivity contribution is 6.16. The highest BCUT2D eigenvalue weighted by atomic mass is 16.3. The van der Waals surface area contributed by atoms with Crippen molar-refractivity contribution in [3.8, 4) is 6.07 Å². The molecule has 4 aromatic heterocycles. The predicted octanol–water partition coefficient (Wildman–Crippen LogP) is 9.88. The Morgan fingerprint density at radius 1 is 0.500 bits per heavy atom. The van der Waals surface area contributed by atoms with Crippen LogP contribution in [0.15, 0.2) is 149 Å². The van der Waals surface area contributed by atoms with Gasteiger partial charge in [0.15, 0.2) is 22.3 Å². The summed E-state index contributed by atoms with van der Waals surface area (Å²) in [4.78, 5) is 23.4. The van der Waals surface area contributed by atoms with Crippen LogP contribution in [0.5, 0.6) is 0 Å². The SMILES string of the molecule is N#Cc1c2oc3cnc(N(c4ccccc4)c4ccccc4)nc3c2cc2c1oc1cnc(N(c3ccccc3)c3ccccc3)nc12. The molecule has 9 aromatic rings. The minimum absolute atomic E-state index is 0.257. The molecule has 4 heterocycles. The number of fused-ring (bicyclic) bond motifs is 6. The lowest BCUT2D eigenvalue weighted by Crippen LogP contribution is -2.13. The summed E-state index contributed by atoms with van der Waals surface area (Å²) >= 11 is 0. The summed E-state index contributed by atoms with van der Waals surface area (Å²) in [6, 6.07) is 44.0. The first kappa shape index (κ1) is 27.3. The average Bonchev–Trinajstić information content (AvgIpc) is 3.70. The topological polar surface area (TPSA) is 108 Å². The summed E-state index contributed by atoms with van der Waals surface area (Å²) < 4.78 is 12.5. The number of nitrogens with zero attached hydrogens (tertiary/aromatic N) is 7. The average molecular weight is 622 g/mol. The first-order chi connectivity index (χ1) is 23.8. The Kier molecular flexibility index (Phi) is 6.30. The van der Waals surface area contributed by atoms with Crippen LogP contribution in [0.1, 0.15) is 5.56 Å². The predicted molar refractivity (Wildman–Crippen MR) is 186 cm³/mol. The van der Waals surface area contributed by atoms with Gasteiger partial charge in [-0.2, -0.15) is 5.26 Å². The molecule has 0 radical (unpaired) electrons. The van der Waals surface area contributed by atoms with Crippen molar-refractivity contribution in [1.29, 1.82) is 5.26 Å². The maximum atomic E-state index is 10.4. The van der Waals surface area contributed by atoms with Crippen LogP contribution in [0.25, 0.3) is 44.1 Å². The molecular weight excluding hydrogens is 598 g/mol. The standard InChI is InChI=1S/C39H23N7O2/c40-22-31-36-29(34-32(47-36)23-41-38(43-34)45(25-13-5-1-6-14-25)26-15-7-2-8-16-26)21-30-35-33(48-37(30)31)24-42-39(44-35)46(27-17-9-3-10-18-27)28-19-11-4-12-20-28/h1-21,23-24H. The van der Waals surface area contributed by atoms with E-state index in [0.29, 0.717) is 56.0 Å². The van der Waals surface area contributed by atoms with Crippen LogP contribution >= 0.6 is 0 Å². The number of anilines is 6. The fraction of sp³-hybridized carbons (Fsp3) is 0. The largest absolute Gasteiger partial charge is 0.451 e. The number of hydrogen-bond donors (Lipinski definition) is 0. The molecule has 0 saturated carbocycles. The van der Waals surface area contributed by atoms with E-state index >= 15 is 0 Å². The highest BCUT2D eigenvalue weighted by Gasteiger charge is 2.24. The van der Waals surface area contributed by atoms with E-state index in [1.165, 1.54) is 0 Å². The summed E-state index contributed by atoms with van der Waals surface area (Å²) in [6.07, 6.45) is 3.30. The number of rotatable bonds is 6. The van der Waals surface area contributed by atoms with Crippen LogP contribution < -0.4 is 9.80 Å². The lowest BCUT2D eigenvalue weighted by Gasteiger charge is -2.22. The smallest absolute Gasteiger partial charge is 0.235 e. The second-order valence-corrected chi connectivity index (χ2v) is 11.1. The van der Waals surface area contributed by atoms with E-state index < -0.39 is 0 Å². The Balaban J connectivity index is 1.27. The molecule has 9 rings (SSSR count). The van der Waals surface area contributed by atoms with Crippen molar-refractivity contribution < 1.29 is 8.83 Å². The molecule has 0 aliphatic heterocycles. The van der Waals surface area contributed by atoms with Gasteiger partial charge >= 0.3 is 0 Å². The molecule has 0 saturated heterocycles. The summed E-state index contributed by atoms with van der Waals surface area (Å²) in [6.45, 7) is 0. The molecule has 0 aliphatic carbocycles. The van der Waals surface area contributed by atoms with Crippen LogP contribution in [0.3, 0.4) is 0 Å². The molecule has 0 amide bonds. The van der Waals surface area contributed by atoms with Crippen molar-refractivity contribution in [3.05, 3.63) is 145 Å². The van der Waals surface area contributed by atoms with Crippen molar-refractivity contribution in [2.75, 3.05) is 9.80 Å². The van der Waals surface area contributed by atoms with Gasteiger partial charge in [-0.15, -0.1) is 0 Å². The maximum absolute atomic E-state index is 10.4. The van der Waals surface area contributed by atoms with Crippen molar-refractivity contribution >= 4 is 78.8 Å². The minimum Gasteiger partial charge on any atom is -0.451 e. The van der Waals surface area contributed by atoms with Crippen LogP contribution in [-0.4, -0.2) is 19.9 Å². The highest BCUT2D eigenvalue weighted by Crippen LogP contribution is 2.41. The molecule has 5 aromatic carbocycles. The fourth-order valence-corrected chi connectivity index (χ4v) is 6.08. The van der Waals surface area contributed by atoms with Gasteiger partial charge in [0.25, 0.3) is 0 Å². The zero-order valence-corrected chi connectivity index (χ0v) is 25.2. The van der Waals surface area contributed by atoms with E-state index in [-0.39, 0.29) is 5.56 Å². The van der Waals surface area contributed by atoms with Gasteiger partial charge in [-0.05, 0) is 54.6 Å². The molecule has 0 N–H and O–H groups in total. The Morgan fingerprint density at radius 3 is 1.19 bits per heavy atom. The van der Waals surface area contributed by atoms with E-state index in [2.05, 4.69) is 6.07 Å². The Hall–Kier alpha value is -7.05. The van der Waals surface area contributed by atoms with Gasteiger partial charge in [0, 0.05) is 33.5 Å². The second-order valence-electron chi connectivity index (χ2n) is 11.1. The van der Waals surface area contributed by atoms with Crippen molar-refractivity contribution in [1.82, 2.24) is 19.9 Å². The van der Waals surface area contributed by atoms with Gasteiger partial charge in [0.05, 0.1) is 12.4 Å². The summed E-state index contributed by atoms with van der Waals surface area (Å²) in [5.74, 6) is 0.925. The first-order valence-corrected chi connectivity index (χ1v) is 15.3. The number of benzene rings is 5. The van der Waals surface area contributed by atoms with Crippen LogP contribution in [-0.2, 0) is 0 Å². The first-order valence-electron chi connectivity index (χ1n) is 15.3. The third-order valence-electron chi connectivity index (χ3n) is 8.22. The Morgan fingerprint density at radius 2 is 0.854 bits per heavy atom. The Labute approximate surface area is 273 Å². The van der Waals surface area contributed by atoms with E-state index in [4.69, 9.17) is 28.8 Å². The van der Waals surface area contributed by atoms with E-state index in [9.17, 15) is 5.26 Å². The number of hydrogen-bond acceptors (Lipinski definition) is 9. The second kappa shape index (κ2) is 11.1. The maximum Gasteiger partial charge on any atom is 0.235 e. The molecule has 9 heteroatoms. The normalized spacial score (nSPS) is 11.3. The van der Waals surface area contributed by atoms with Gasteiger partial charge in [-0.3, -0.25) is 9.80 Å². The summed E-state index contributed by atoms with van der Waals surface area (Å²) in [5.41, 5.74) is 6.69. The molecule has 9 nitrogen and oxygen atoms in total. The lowest BCUT2D eigenvalue weighted by atomic mass is 10.1. The molecule has 0 atom stereocenters. The Bertz CT molecular complexity index is 2380. The van der Waals surface area contributed by atoms with Crippen LogP contribution in [0, 0.1) is 11.3 Å². The molecule has 226 valence electrons. The van der Waals surface area contributed by atoms with Crippen molar-refractivity contribution in [2.45, 2.75) is 0 Å². The van der Waals surface area contributed by atoms with Gasteiger partial charge in [-0.25, -0.2) is 19.9 Å². The molecule has 48 heavy (non-hydrogen) atoms. The fourth-order valence-electron chi connectivity index (χ4n) is 6.08. The van der Waals surface area contributed by atoms with Gasteiger partial charge in [0.1, 0.15) is 22.7 Å². The van der Waals surface area contributed by atoms with Crippen LogP contribution in [0.4, 0.5) is 34.6 Å². The molecule has 0 spiro atoms. The quantitative estimate of drug-likeness (QED) is 0.179. The summed E-state index contributed by atoms with van der Waals surface area (Å²) in [5, 5.41) is 11.7. The van der Waals surface area contributed by atoms with Gasteiger partial charge in [0.2, 0.25) is 11.9 Å². The van der Waals surface area contributed by atoms with Crippen molar-refractivity contribution in [2.24, 2.45) is 0 Å². The molecule has 0 fully saturated rings. The monoisotopic (exact) mass is 621 g/mol. The molecular formula is C39H23N7O2. The zero-order valence-electron chi connectivity index (χ0n) is 25.2. The third kappa shape index (κ3) is 4.40. The molecule has 0 aliphatic rings. The third-order valence-corrected chi connectivity index (χ3v) is 8.22. The lowest BCUT2D eigenvalue weighted by molar-refractivity contribution is 0.651. The molecule has 0 unspecified atom stereocenters. The van der Waals surface area contributed by atoms with Gasteiger partial charge in [-0.1, -0.05) is 72.8 Å². The van der Waals surface area contributed by atoms with Crippen LogP contribution in [0.2, 0.25) is 0 Å². The number of nitriles is 1. The van der Waals surface area contributed by atoms with E-state index in [1.54, 1.807) is 12.4 Å². The van der Waals surface area contributed by atoms with Crippen molar-refractivity contribution in [3.63, 3.8) is 0 Å². The minimum atomic E-state index is 0.257. The summed E-state index contributed by atoms with van der Waals surface area (Å²) in [7, 11) is 0. The number of furan rings is 2. The van der Waals surface area contributed by atoms with Gasteiger partial charge < -0.3 is 8.83 Å². The van der Waals surface area contributed by atoms with E-state index in [1.807, 2.05) is 137 Å². The number of para-hydroxylation sites is 4.